The first-order valence-corrected chi connectivity index (χ1v) is 18.3. The summed E-state index contributed by atoms with van der Waals surface area (Å²) >= 11 is 0. The number of hydrogen-bond acceptors (Lipinski definition) is 4. The van der Waals surface area contributed by atoms with Gasteiger partial charge in [0.2, 0.25) is 0 Å². The van der Waals surface area contributed by atoms with E-state index in [9.17, 15) is 0 Å². The lowest BCUT2D eigenvalue weighted by Gasteiger charge is -2.26. The first-order valence-electron chi connectivity index (χ1n) is 18.3. The van der Waals surface area contributed by atoms with Gasteiger partial charge < -0.3 is 9.47 Å². The Morgan fingerprint density at radius 1 is 0.706 bits per heavy atom. The fourth-order valence-electron chi connectivity index (χ4n) is 8.08. The number of pyridine rings is 1. The van der Waals surface area contributed by atoms with E-state index in [4.69, 9.17) is 19.6 Å². The molecule has 0 aliphatic heterocycles. The normalized spacial score (nSPS) is 12.8. The predicted octanol–water partition coefficient (Wildman–Crippen LogP) is 12.3. The highest BCUT2D eigenvalue weighted by molar-refractivity contribution is 6.09. The molecule has 3 heterocycles. The van der Waals surface area contributed by atoms with E-state index in [-0.39, 0.29) is 0 Å². The number of fused-ring (bicyclic) bond motifs is 3. The van der Waals surface area contributed by atoms with E-state index in [1.165, 1.54) is 33.4 Å². The fraction of sp³-hybridized carbons (Fsp3) is 0.289. The number of rotatable bonds is 12. The highest BCUT2D eigenvalue weighted by atomic mass is 16.5. The van der Waals surface area contributed by atoms with Crippen LogP contribution < -0.4 is 9.47 Å². The van der Waals surface area contributed by atoms with Gasteiger partial charge in [-0.2, -0.15) is 5.10 Å². The number of hydrogen-bond donors (Lipinski definition) is 0. The van der Waals surface area contributed by atoms with Crippen LogP contribution in [0.1, 0.15) is 87.5 Å². The molecule has 0 fully saturated rings. The van der Waals surface area contributed by atoms with Crippen molar-refractivity contribution in [3.8, 4) is 39.9 Å². The van der Waals surface area contributed by atoms with E-state index >= 15 is 0 Å². The van der Waals surface area contributed by atoms with Crippen molar-refractivity contribution in [3.63, 3.8) is 0 Å². The number of aromatic nitrogens is 4. The summed E-state index contributed by atoms with van der Waals surface area (Å²) in [5, 5.41) is 7.22. The molecule has 4 aromatic carbocycles. The number of ether oxygens (including phenoxy) is 2. The van der Waals surface area contributed by atoms with Gasteiger partial charge in [-0.25, -0.2) is 9.67 Å². The van der Waals surface area contributed by atoms with Gasteiger partial charge in [0.1, 0.15) is 23.1 Å². The highest BCUT2D eigenvalue weighted by Gasteiger charge is 2.24. The van der Waals surface area contributed by atoms with Crippen LogP contribution in [0.25, 0.3) is 44.4 Å². The Bertz CT molecular complexity index is 2300. The number of methoxy groups -OCH3 is 1. The minimum atomic E-state index is 0.467. The van der Waals surface area contributed by atoms with E-state index in [0.29, 0.717) is 11.8 Å². The van der Waals surface area contributed by atoms with Crippen molar-refractivity contribution in [3.05, 3.63) is 126 Å². The van der Waals surface area contributed by atoms with Gasteiger partial charge in [0, 0.05) is 46.9 Å². The molecule has 0 spiro atoms. The predicted molar refractivity (Wildman–Crippen MR) is 210 cm³/mol. The lowest BCUT2D eigenvalue weighted by molar-refractivity contribution is 0.414. The Labute approximate surface area is 301 Å². The van der Waals surface area contributed by atoms with Crippen LogP contribution in [0.3, 0.4) is 0 Å². The van der Waals surface area contributed by atoms with Crippen LogP contribution in [0, 0.1) is 13.8 Å². The van der Waals surface area contributed by atoms with Gasteiger partial charge in [0.05, 0.1) is 30.0 Å². The molecule has 0 saturated heterocycles. The van der Waals surface area contributed by atoms with Crippen molar-refractivity contribution in [1.29, 1.82) is 0 Å². The maximum Gasteiger partial charge on any atom is 0.141 e. The summed E-state index contributed by atoms with van der Waals surface area (Å²) < 4.78 is 16.2. The molecule has 2 unspecified atom stereocenters. The molecule has 2 atom stereocenters. The third kappa shape index (κ3) is 6.51. The Kier molecular flexibility index (Phi) is 9.68. The monoisotopic (exact) mass is 676 g/mol. The molecule has 0 N–H and O–H groups in total. The van der Waals surface area contributed by atoms with E-state index in [1.807, 2.05) is 41.2 Å². The average Bonchev–Trinajstić information content (AvgIpc) is 3.75. The minimum Gasteiger partial charge on any atom is -0.497 e. The molecule has 7 aromatic rings. The molecule has 0 amide bonds. The van der Waals surface area contributed by atoms with Crippen LogP contribution >= 0.6 is 0 Å². The van der Waals surface area contributed by atoms with Gasteiger partial charge in [-0.15, -0.1) is 0 Å². The summed E-state index contributed by atoms with van der Waals surface area (Å²) in [6.45, 7) is 13.9. The summed E-state index contributed by atoms with van der Waals surface area (Å²) in [7, 11) is 1.68. The lowest BCUT2D eigenvalue weighted by Crippen LogP contribution is -2.08. The van der Waals surface area contributed by atoms with Gasteiger partial charge in [0.15, 0.2) is 0 Å². The van der Waals surface area contributed by atoms with Gasteiger partial charge in [-0.05, 0) is 103 Å². The van der Waals surface area contributed by atoms with E-state index in [1.54, 1.807) is 13.3 Å². The summed E-state index contributed by atoms with van der Waals surface area (Å²) in [5.41, 5.74) is 11.3. The zero-order valence-electron chi connectivity index (χ0n) is 30.9. The molecule has 0 saturated carbocycles. The zero-order valence-corrected chi connectivity index (χ0v) is 30.9. The average molecular weight is 677 g/mol. The first kappa shape index (κ1) is 34.1. The maximum absolute atomic E-state index is 6.56. The SMILES string of the molecule is CCCC(C)c1c(C)cc(C)c(C(C)CCC)c1-c1cnn(-c2cccc(Oc3ccc4c5ccccc5n(-c5cc(OC)ccn5)c4c3)c2)c1. The molecule has 0 bridgehead atoms. The first-order chi connectivity index (χ1) is 24.8. The van der Waals surface area contributed by atoms with E-state index < -0.39 is 0 Å². The topological polar surface area (TPSA) is 54.1 Å². The molecule has 7 rings (SSSR count). The van der Waals surface area contributed by atoms with Crippen LogP contribution in [0.5, 0.6) is 17.2 Å². The van der Waals surface area contributed by atoms with Crippen molar-refractivity contribution in [1.82, 2.24) is 19.3 Å². The molecule has 51 heavy (non-hydrogen) atoms. The van der Waals surface area contributed by atoms with Crippen LogP contribution in [0.2, 0.25) is 0 Å². The van der Waals surface area contributed by atoms with Gasteiger partial charge in [0.25, 0.3) is 0 Å². The Morgan fingerprint density at radius 2 is 1.41 bits per heavy atom. The second kappa shape index (κ2) is 14.5. The fourth-order valence-corrected chi connectivity index (χ4v) is 8.08. The maximum atomic E-state index is 6.56. The second-order valence-corrected chi connectivity index (χ2v) is 14.0. The molecular formula is C45H48N4O2. The van der Waals surface area contributed by atoms with Crippen LogP contribution in [0.15, 0.2) is 104 Å². The molecule has 3 aromatic heterocycles. The highest BCUT2D eigenvalue weighted by Crippen LogP contribution is 2.43. The van der Waals surface area contributed by atoms with Crippen molar-refractivity contribution in [2.75, 3.05) is 7.11 Å². The third-order valence-electron chi connectivity index (χ3n) is 10.3. The van der Waals surface area contributed by atoms with Crippen LogP contribution in [-0.2, 0) is 0 Å². The molecule has 0 radical (unpaired) electrons. The van der Waals surface area contributed by atoms with Crippen molar-refractivity contribution < 1.29 is 9.47 Å². The van der Waals surface area contributed by atoms with Gasteiger partial charge in [-0.3, -0.25) is 4.57 Å². The summed E-state index contributed by atoms with van der Waals surface area (Å²) in [6.07, 6.45) is 10.7. The van der Waals surface area contributed by atoms with Crippen LogP contribution in [0.4, 0.5) is 0 Å². The summed E-state index contributed by atoms with van der Waals surface area (Å²) in [5.74, 6) is 3.97. The van der Waals surface area contributed by atoms with Gasteiger partial charge >= 0.3 is 0 Å². The van der Waals surface area contributed by atoms with Crippen molar-refractivity contribution in [2.45, 2.75) is 79.1 Å². The number of aryl methyl sites for hydroxylation is 2. The smallest absolute Gasteiger partial charge is 0.141 e. The molecule has 260 valence electrons. The lowest BCUT2D eigenvalue weighted by atomic mass is 9.78. The summed E-state index contributed by atoms with van der Waals surface area (Å²) in [6, 6.07) is 29.1. The van der Waals surface area contributed by atoms with E-state index in [2.05, 4.69) is 107 Å². The second-order valence-electron chi connectivity index (χ2n) is 14.0. The zero-order chi connectivity index (χ0) is 35.6. The quantitative estimate of drug-likeness (QED) is 0.129. The minimum absolute atomic E-state index is 0.467. The molecular weight excluding hydrogens is 629 g/mol. The molecule has 0 aliphatic carbocycles. The third-order valence-corrected chi connectivity index (χ3v) is 10.3. The van der Waals surface area contributed by atoms with Gasteiger partial charge in [-0.1, -0.05) is 70.9 Å². The molecule has 6 nitrogen and oxygen atoms in total. The standard InChI is InChI=1S/C45H48N4O2/c1-8-13-29(3)43-31(5)23-32(6)44(30(4)14-9-2)45(43)33-27-47-48(28-33)34-15-12-16-36(24-34)51-37-19-20-39-38-17-10-11-18-40(38)49(41(39)25-37)42-26-35(50-7)21-22-46-42/h10-12,15-30H,8-9,13-14H2,1-7H3. The van der Waals surface area contributed by atoms with E-state index in [0.717, 1.165) is 76.2 Å². The number of nitrogens with zero attached hydrogens (tertiary/aromatic N) is 4. The Morgan fingerprint density at radius 3 is 2.14 bits per heavy atom. The Hall–Kier alpha value is -5.36. The molecule has 0 aliphatic rings. The van der Waals surface area contributed by atoms with Crippen molar-refractivity contribution >= 4 is 21.8 Å². The largest absolute Gasteiger partial charge is 0.497 e. The Balaban J connectivity index is 1.26. The summed E-state index contributed by atoms with van der Waals surface area (Å²) in [4.78, 5) is 4.70. The number of para-hydroxylation sites is 1. The molecule has 6 heteroatoms. The number of benzene rings is 4. The van der Waals surface area contributed by atoms with Crippen LogP contribution in [-0.4, -0.2) is 26.4 Å². The van der Waals surface area contributed by atoms with Crippen molar-refractivity contribution in [2.24, 2.45) is 0 Å².